The number of carbonyl (C=O) groups excluding carboxylic acids is 1. The number of aryl methyl sites for hydroxylation is 1. The van der Waals surface area contributed by atoms with Crippen LogP contribution >= 0.6 is 11.3 Å². The summed E-state index contributed by atoms with van der Waals surface area (Å²) < 4.78 is 21.7. The molecule has 0 spiro atoms. The van der Waals surface area contributed by atoms with E-state index in [-0.39, 0.29) is 18.2 Å². The van der Waals surface area contributed by atoms with Gasteiger partial charge in [0, 0.05) is 13.0 Å². The molecule has 10 heteroatoms. The monoisotopic (exact) mass is 398 g/mol. The molecule has 3 aromatic heterocycles. The van der Waals surface area contributed by atoms with E-state index in [1.807, 2.05) is 17.5 Å². The molecule has 0 N–H and O–H groups in total. The van der Waals surface area contributed by atoms with Gasteiger partial charge >= 0.3 is 5.97 Å². The van der Waals surface area contributed by atoms with Crippen LogP contribution in [0.3, 0.4) is 0 Å². The molecule has 8 nitrogen and oxygen atoms in total. The highest BCUT2D eigenvalue weighted by Gasteiger charge is 2.20. The maximum Gasteiger partial charge on any atom is 0.378 e. The Morgan fingerprint density at radius 2 is 2.07 bits per heavy atom. The SMILES string of the molecule is O=C(OCCCn1cncn1)c1nc(-c2cccs2)n(-c2ccc(F)cc2)n1. The van der Waals surface area contributed by atoms with Crippen LogP contribution in [0.2, 0.25) is 0 Å². The number of rotatable bonds is 7. The van der Waals surface area contributed by atoms with E-state index in [0.717, 1.165) is 4.88 Å². The van der Waals surface area contributed by atoms with Gasteiger partial charge in [0.25, 0.3) is 5.82 Å². The van der Waals surface area contributed by atoms with Crippen molar-refractivity contribution in [3.63, 3.8) is 0 Å². The zero-order chi connectivity index (χ0) is 19.3. The maximum atomic E-state index is 13.3. The van der Waals surface area contributed by atoms with Gasteiger partial charge in [0.1, 0.15) is 18.5 Å². The normalized spacial score (nSPS) is 10.9. The van der Waals surface area contributed by atoms with Crippen molar-refractivity contribution < 1.29 is 13.9 Å². The lowest BCUT2D eigenvalue weighted by Gasteiger charge is -2.04. The standard InChI is InChI=1S/C18H15FN6O2S/c19-13-4-6-14(7-5-13)25-17(15-3-1-10-28-15)22-16(23-25)18(26)27-9-2-8-24-12-20-11-21-24/h1,3-7,10-12H,2,8-9H2. The molecule has 0 radical (unpaired) electrons. The Bertz CT molecular complexity index is 1040. The first kappa shape index (κ1) is 18.0. The van der Waals surface area contributed by atoms with Crippen molar-refractivity contribution in [3.05, 3.63) is 66.1 Å². The number of benzene rings is 1. The topological polar surface area (TPSA) is 87.7 Å². The Hall–Kier alpha value is -3.40. The highest BCUT2D eigenvalue weighted by atomic mass is 32.1. The molecule has 28 heavy (non-hydrogen) atoms. The molecule has 0 saturated heterocycles. The fraction of sp³-hybridized carbons (Fsp3) is 0.167. The summed E-state index contributed by atoms with van der Waals surface area (Å²) in [4.78, 5) is 21.4. The van der Waals surface area contributed by atoms with Crippen LogP contribution in [0.5, 0.6) is 0 Å². The number of carbonyl (C=O) groups is 1. The first-order chi connectivity index (χ1) is 13.7. The van der Waals surface area contributed by atoms with E-state index in [1.165, 1.54) is 34.5 Å². The Morgan fingerprint density at radius 3 is 2.79 bits per heavy atom. The first-order valence-corrected chi connectivity index (χ1v) is 9.35. The van der Waals surface area contributed by atoms with Crippen molar-refractivity contribution in [1.82, 2.24) is 29.5 Å². The van der Waals surface area contributed by atoms with Crippen LogP contribution in [0.25, 0.3) is 16.4 Å². The zero-order valence-electron chi connectivity index (χ0n) is 14.6. The second-order valence-electron chi connectivity index (χ2n) is 5.77. The quantitative estimate of drug-likeness (QED) is 0.351. The van der Waals surface area contributed by atoms with Crippen molar-refractivity contribution in [2.75, 3.05) is 6.61 Å². The van der Waals surface area contributed by atoms with Crippen LogP contribution in [0.4, 0.5) is 4.39 Å². The lowest BCUT2D eigenvalue weighted by molar-refractivity contribution is 0.0480. The van der Waals surface area contributed by atoms with Gasteiger partial charge in [0.05, 0.1) is 17.2 Å². The average Bonchev–Trinajstić information content (AvgIpc) is 3.47. The molecule has 142 valence electrons. The number of ether oxygens (including phenoxy) is 1. The Balaban J connectivity index is 1.51. The van der Waals surface area contributed by atoms with Gasteiger partial charge < -0.3 is 4.74 Å². The number of esters is 1. The molecule has 4 rings (SSSR count). The van der Waals surface area contributed by atoms with Crippen LogP contribution in [0.1, 0.15) is 17.0 Å². The van der Waals surface area contributed by atoms with Crippen molar-refractivity contribution in [1.29, 1.82) is 0 Å². The number of nitrogens with zero attached hydrogens (tertiary/aromatic N) is 6. The zero-order valence-corrected chi connectivity index (χ0v) is 15.4. The van der Waals surface area contributed by atoms with E-state index < -0.39 is 5.97 Å². The molecule has 0 bridgehead atoms. The van der Waals surface area contributed by atoms with Gasteiger partial charge in [-0.2, -0.15) is 10.1 Å². The molecule has 0 atom stereocenters. The molecular formula is C18H15FN6O2S. The fourth-order valence-electron chi connectivity index (χ4n) is 2.53. The van der Waals surface area contributed by atoms with E-state index in [1.54, 1.807) is 23.1 Å². The average molecular weight is 398 g/mol. The van der Waals surface area contributed by atoms with Crippen LogP contribution in [0.15, 0.2) is 54.4 Å². The molecule has 0 saturated carbocycles. The lowest BCUT2D eigenvalue weighted by atomic mass is 10.3. The molecule has 0 unspecified atom stereocenters. The van der Waals surface area contributed by atoms with Gasteiger partial charge in [0.15, 0.2) is 5.82 Å². The molecule has 1 aromatic carbocycles. The van der Waals surface area contributed by atoms with Gasteiger partial charge in [-0.3, -0.25) is 4.68 Å². The van der Waals surface area contributed by atoms with Crippen LogP contribution in [0, 0.1) is 5.82 Å². The van der Waals surface area contributed by atoms with Gasteiger partial charge in [-0.05, 0) is 35.7 Å². The second kappa shape index (κ2) is 8.09. The summed E-state index contributed by atoms with van der Waals surface area (Å²) in [5, 5.41) is 10.2. The van der Waals surface area contributed by atoms with Crippen LogP contribution < -0.4 is 0 Å². The Morgan fingerprint density at radius 1 is 1.21 bits per heavy atom. The first-order valence-electron chi connectivity index (χ1n) is 8.47. The third-order valence-electron chi connectivity index (χ3n) is 3.83. The number of hydrogen-bond donors (Lipinski definition) is 0. The summed E-state index contributed by atoms with van der Waals surface area (Å²) in [6, 6.07) is 9.57. The van der Waals surface area contributed by atoms with Crippen molar-refractivity contribution in [2.45, 2.75) is 13.0 Å². The predicted octanol–water partition coefficient (Wildman–Crippen LogP) is 2.97. The van der Waals surface area contributed by atoms with E-state index in [4.69, 9.17) is 4.74 Å². The van der Waals surface area contributed by atoms with E-state index >= 15 is 0 Å². The highest BCUT2D eigenvalue weighted by Crippen LogP contribution is 2.25. The summed E-state index contributed by atoms with van der Waals surface area (Å²) in [5.74, 6) is -0.518. The third-order valence-corrected chi connectivity index (χ3v) is 4.70. The predicted molar refractivity (Wildman–Crippen MR) is 99.6 cm³/mol. The fourth-order valence-corrected chi connectivity index (χ4v) is 3.23. The number of aromatic nitrogens is 6. The maximum absolute atomic E-state index is 13.3. The van der Waals surface area contributed by atoms with Crippen molar-refractivity contribution >= 4 is 17.3 Å². The minimum atomic E-state index is -0.614. The smallest absolute Gasteiger partial charge is 0.378 e. The minimum absolute atomic E-state index is 0.0477. The molecule has 0 amide bonds. The number of hydrogen-bond acceptors (Lipinski definition) is 7. The summed E-state index contributed by atoms with van der Waals surface area (Å²) in [6.45, 7) is 0.795. The molecule has 3 heterocycles. The van der Waals surface area contributed by atoms with Crippen LogP contribution in [-0.2, 0) is 11.3 Å². The van der Waals surface area contributed by atoms with Crippen molar-refractivity contribution in [2.24, 2.45) is 0 Å². The van der Waals surface area contributed by atoms with Crippen molar-refractivity contribution in [3.8, 4) is 16.4 Å². The molecule has 0 aliphatic rings. The molecule has 4 aromatic rings. The van der Waals surface area contributed by atoms with E-state index in [2.05, 4.69) is 20.2 Å². The van der Waals surface area contributed by atoms with E-state index in [9.17, 15) is 9.18 Å². The van der Waals surface area contributed by atoms with Gasteiger partial charge in [0.2, 0.25) is 0 Å². The summed E-state index contributed by atoms with van der Waals surface area (Å²) in [7, 11) is 0. The third kappa shape index (κ3) is 3.96. The van der Waals surface area contributed by atoms with Gasteiger partial charge in [-0.25, -0.2) is 18.9 Å². The lowest BCUT2D eigenvalue weighted by Crippen LogP contribution is -2.11. The Kier molecular flexibility index (Phi) is 5.20. The molecule has 0 aliphatic carbocycles. The van der Waals surface area contributed by atoms with Gasteiger partial charge in [-0.1, -0.05) is 6.07 Å². The number of halogens is 1. The minimum Gasteiger partial charge on any atom is -0.460 e. The Labute approximate surface area is 163 Å². The summed E-state index contributed by atoms with van der Waals surface area (Å²) in [6.07, 6.45) is 3.64. The molecule has 0 aliphatic heterocycles. The second-order valence-corrected chi connectivity index (χ2v) is 6.72. The van der Waals surface area contributed by atoms with Gasteiger partial charge in [-0.15, -0.1) is 16.4 Å². The summed E-state index contributed by atoms with van der Waals surface area (Å²) in [5.41, 5.74) is 0.600. The summed E-state index contributed by atoms with van der Waals surface area (Å²) >= 11 is 1.47. The van der Waals surface area contributed by atoms with E-state index in [0.29, 0.717) is 24.5 Å². The highest BCUT2D eigenvalue weighted by molar-refractivity contribution is 7.13. The molecular weight excluding hydrogens is 383 g/mol. The largest absolute Gasteiger partial charge is 0.460 e. The number of thiophene rings is 1. The van der Waals surface area contributed by atoms with Crippen LogP contribution in [-0.4, -0.2) is 42.1 Å². The molecule has 0 fully saturated rings.